The molecule has 0 aliphatic heterocycles. The Morgan fingerprint density at radius 3 is 2.75 bits per heavy atom. The lowest BCUT2D eigenvalue weighted by Gasteiger charge is -2.26. The summed E-state index contributed by atoms with van der Waals surface area (Å²) in [6.45, 7) is 0. The van der Waals surface area contributed by atoms with Gasteiger partial charge >= 0.3 is 5.97 Å². The van der Waals surface area contributed by atoms with Gasteiger partial charge in [0, 0.05) is 17.3 Å². The quantitative estimate of drug-likeness (QED) is 0.878. The van der Waals surface area contributed by atoms with Crippen LogP contribution in [0, 0.1) is 5.92 Å². The number of carboxylic acid groups (broad SMARTS) is 1. The Morgan fingerprint density at radius 1 is 1.30 bits per heavy atom. The maximum absolute atomic E-state index is 12.0. The zero-order valence-corrected chi connectivity index (χ0v) is 11.0. The van der Waals surface area contributed by atoms with Gasteiger partial charge in [-0.3, -0.25) is 14.6 Å². The van der Waals surface area contributed by atoms with Crippen LogP contribution in [0.3, 0.4) is 0 Å². The van der Waals surface area contributed by atoms with Crippen LogP contribution >= 0.6 is 0 Å². The van der Waals surface area contributed by atoms with Crippen LogP contribution in [0.15, 0.2) is 29.2 Å². The van der Waals surface area contributed by atoms with Crippen LogP contribution in [-0.4, -0.2) is 21.0 Å². The van der Waals surface area contributed by atoms with E-state index in [9.17, 15) is 9.59 Å². The number of hydrogen-bond acceptors (Lipinski definition) is 3. The Kier molecular flexibility index (Phi) is 3.26. The van der Waals surface area contributed by atoms with Gasteiger partial charge in [-0.15, -0.1) is 0 Å². The van der Waals surface area contributed by atoms with E-state index < -0.39 is 5.97 Å². The summed E-state index contributed by atoms with van der Waals surface area (Å²) in [6, 6.07) is 5.66. The third-order valence-corrected chi connectivity index (χ3v) is 4.14. The molecule has 0 atom stereocenters. The lowest BCUT2D eigenvalue weighted by molar-refractivity contribution is -0.142. The molecule has 0 saturated heterocycles. The standard InChI is InChI=1S/C15H16N2O3/c18-14-13-11(2-1-7-16-13)8-12(17-14)9-3-5-10(6-4-9)15(19)20/h1-2,7-10H,3-6H2,(H,17,18)(H,19,20). The monoisotopic (exact) mass is 272 g/mol. The first-order chi connectivity index (χ1) is 9.65. The lowest BCUT2D eigenvalue weighted by Crippen LogP contribution is -2.22. The highest BCUT2D eigenvalue weighted by Gasteiger charge is 2.27. The molecule has 104 valence electrons. The highest BCUT2D eigenvalue weighted by molar-refractivity contribution is 5.77. The van der Waals surface area contributed by atoms with Gasteiger partial charge in [0.05, 0.1) is 5.92 Å². The van der Waals surface area contributed by atoms with E-state index in [-0.39, 0.29) is 17.4 Å². The first kappa shape index (κ1) is 12.8. The van der Waals surface area contributed by atoms with Crippen molar-refractivity contribution in [3.05, 3.63) is 40.4 Å². The molecule has 0 radical (unpaired) electrons. The Morgan fingerprint density at radius 2 is 2.05 bits per heavy atom. The number of hydrogen-bond donors (Lipinski definition) is 2. The number of nitrogens with zero attached hydrogens (tertiary/aromatic N) is 1. The van der Waals surface area contributed by atoms with Crippen LogP contribution in [0.25, 0.3) is 10.9 Å². The molecular formula is C15H16N2O3. The van der Waals surface area contributed by atoms with Crippen LogP contribution < -0.4 is 5.56 Å². The summed E-state index contributed by atoms with van der Waals surface area (Å²) >= 11 is 0. The summed E-state index contributed by atoms with van der Waals surface area (Å²) in [7, 11) is 0. The molecule has 1 saturated carbocycles. The molecule has 0 bridgehead atoms. The van der Waals surface area contributed by atoms with Gasteiger partial charge in [0.2, 0.25) is 0 Å². The zero-order valence-electron chi connectivity index (χ0n) is 11.0. The predicted octanol–water partition coefficient (Wildman–Crippen LogP) is 2.28. The second-order valence-electron chi connectivity index (χ2n) is 5.38. The third-order valence-electron chi connectivity index (χ3n) is 4.14. The van der Waals surface area contributed by atoms with Crippen LogP contribution in [0.1, 0.15) is 37.3 Å². The van der Waals surface area contributed by atoms with Crippen LogP contribution in [0.5, 0.6) is 0 Å². The molecule has 2 aromatic heterocycles. The van der Waals surface area contributed by atoms with Crippen molar-refractivity contribution < 1.29 is 9.90 Å². The fraction of sp³-hybridized carbons (Fsp3) is 0.400. The van der Waals surface area contributed by atoms with Gasteiger partial charge in [-0.25, -0.2) is 0 Å². The summed E-state index contributed by atoms with van der Waals surface area (Å²) in [5, 5.41) is 9.85. The average Bonchev–Trinajstić information content (AvgIpc) is 2.47. The first-order valence-electron chi connectivity index (χ1n) is 6.86. The fourth-order valence-electron chi connectivity index (χ4n) is 2.99. The average molecular weight is 272 g/mol. The van der Waals surface area contributed by atoms with Crippen LogP contribution in [0.2, 0.25) is 0 Å². The molecule has 20 heavy (non-hydrogen) atoms. The molecule has 5 nitrogen and oxygen atoms in total. The van der Waals surface area contributed by atoms with Gasteiger partial charge in [0.15, 0.2) is 0 Å². The van der Waals surface area contributed by atoms with E-state index in [1.165, 1.54) is 0 Å². The van der Waals surface area contributed by atoms with Crippen molar-refractivity contribution in [3.8, 4) is 0 Å². The van der Waals surface area contributed by atoms with E-state index in [0.29, 0.717) is 18.4 Å². The lowest BCUT2D eigenvalue weighted by atomic mass is 9.80. The molecule has 1 fully saturated rings. The van der Waals surface area contributed by atoms with E-state index in [1.54, 1.807) is 6.20 Å². The molecule has 0 aromatic carbocycles. The molecule has 2 heterocycles. The smallest absolute Gasteiger partial charge is 0.306 e. The number of aromatic nitrogens is 2. The molecule has 0 amide bonds. The number of carbonyl (C=O) groups is 1. The van der Waals surface area contributed by atoms with Gasteiger partial charge in [-0.1, -0.05) is 6.07 Å². The maximum Gasteiger partial charge on any atom is 0.306 e. The molecule has 3 rings (SSSR count). The summed E-state index contributed by atoms with van der Waals surface area (Å²) in [5.74, 6) is -0.706. The zero-order chi connectivity index (χ0) is 14.1. The van der Waals surface area contributed by atoms with Gasteiger partial charge in [-0.05, 0) is 43.7 Å². The maximum atomic E-state index is 12.0. The van der Waals surface area contributed by atoms with E-state index in [0.717, 1.165) is 23.9 Å². The van der Waals surface area contributed by atoms with Crippen molar-refractivity contribution in [2.75, 3.05) is 0 Å². The minimum absolute atomic E-state index is 0.168. The van der Waals surface area contributed by atoms with Gasteiger partial charge in [0.1, 0.15) is 5.52 Å². The molecule has 1 aliphatic rings. The van der Waals surface area contributed by atoms with E-state index in [1.807, 2.05) is 18.2 Å². The van der Waals surface area contributed by atoms with Crippen LogP contribution in [0.4, 0.5) is 0 Å². The fourth-order valence-corrected chi connectivity index (χ4v) is 2.99. The summed E-state index contributed by atoms with van der Waals surface area (Å²) in [5.41, 5.74) is 1.19. The summed E-state index contributed by atoms with van der Waals surface area (Å²) < 4.78 is 0. The SMILES string of the molecule is O=C(O)C1CCC(c2cc3cccnc3c(=O)[nH]2)CC1. The number of rotatable bonds is 2. The van der Waals surface area contributed by atoms with Crippen molar-refractivity contribution in [1.29, 1.82) is 0 Å². The first-order valence-corrected chi connectivity index (χ1v) is 6.86. The van der Waals surface area contributed by atoms with Crippen molar-refractivity contribution in [3.63, 3.8) is 0 Å². The number of fused-ring (bicyclic) bond motifs is 1. The number of nitrogens with one attached hydrogen (secondary N) is 1. The summed E-state index contributed by atoms with van der Waals surface area (Å²) in [6.07, 6.45) is 4.56. The van der Waals surface area contributed by atoms with Gasteiger partial charge in [0.25, 0.3) is 5.56 Å². The van der Waals surface area contributed by atoms with Gasteiger partial charge < -0.3 is 10.1 Å². The highest BCUT2D eigenvalue weighted by Crippen LogP contribution is 2.35. The second-order valence-corrected chi connectivity index (χ2v) is 5.38. The topological polar surface area (TPSA) is 83.0 Å². The third kappa shape index (κ3) is 2.31. The van der Waals surface area contributed by atoms with Gasteiger partial charge in [-0.2, -0.15) is 0 Å². The summed E-state index contributed by atoms with van der Waals surface area (Å²) in [4.78, 5) is 29.9. The Bertz CT molecular complexity index is 700. The minimum atomic E-state index is -0.709. The predicted molar refractivity (Wildman–Crippen MR) is 74.7 cm³/mol. The van der Waals surface area contributed by atoms with E-state index >= 15 is 0 Å². The number of carboxylic acids is 1. The Balaban J connectivity index is 1.88. The minimum Gasteiger partial charge on any atom is -0.481 e. The molecule has 1 aliphatic carbocycles. The Hall–Kier alpha value is -2.17. The number of pyridine rings is 2. The molecule has 2 N–H and O–H groups in total. The number of aliphatic carboxylic acids is 1. The molecular weight excluding hydrogens is 256 g/mol. The highest BCUT2D eigenvalue weighted by atomic mass is 16.4. The second kappa shape index (κ2) is 5.07. The number of H-pyrrole nitrogens is 1. The van der Waals surface area contributed by atoms with Crippen molar-refractivity contribution in [1.82, 2.24) is 9.97 Å². The number of aromatic amines is 1. The largest absolute Gasteiger partial charge is 0.481 e. The molecule has 2 aromatic rings. The normalized spacial score (nSPS) is 22.8. The van der Waals surface area contributed by atoms with E-state index in [2.05, 4.69) is 9.97 Å². The molecule has 0 unspecified atom stereocenters. The van der Waals surface area contributed by atoms with Crippen molar-refractivity contribution >= 4 is 16.9 Å². The molecule has 0 spiro atoms. The van der Waals surface area contributed by atoms with Crippen LogP contribution in [-0.2, 0) is 4.79 Å². The molecule has 5 heteroatoms. The van der Waals surface area contributed by atoms with E-state index in [4.69, 9.17) is 5.11 Å². The van der Waals surface area contributed by atoms with Crippen molar-refractivity contribution in [2.45, 2.75) is 31.6 Å². The Labute approximate surface area is 115 Å². The van der Waals surface area contributed by atoms with Crippen molar-refractivity contribution in [2.24, 2.45) is 5.92 Å².